The van der Waals surface area contributed by atoms with Crippen molar-refractivity contribution in [1.82, 2.24) is 19.4 Å². The lowest BCUT2D eigenvalue weighted by molar-refractivity contribution is -0.125. The van der Waals surface area contributed by atoms with Crippen LogP contribution in [-0.2, 0) is 18.4 Å². The summed E-state index contributed by atoms with van der Waals surface area (Å²) in [5, 5.41) is 3.11. The number of nitrogens with one attached hydrogen (secondary N) is 1. The van der Waals surface area contributed by atoms with Gasteiger partial charge in [-0.1, -0.05) is 13.3 Å². The first-order valence-corrected chi connectivity index (χ1v) is 11.6. The van der Waals surface area contributed by atoms with E-state index in [2.05, 4.69) is 10.2 Å². The number of carbonyl (C=O) groups excluding carboxylic acids is 1. The zero-order valence-electron chi connectivity index (χ0n) is 18.6. The predicted octanol–water partition coefficient (Wildman–Crippen LogP) is 1.17. The van der Waals surface area contributed by atoms with Crippen LogP contribution in [0.1, 0.15) is 51.9 Å². The summed E-state index contributed by atoms with van der Waals surface area (Å²) < 4.78 is 2.82. The highest BCUT2D eigenvalue weighted by atomic mass is 16.2. The lowest BCUT2D eigenvalue weighted by Gasteiger charge is -2.35. The SMILES string of the molecule is CCCn1c(N2CCCC(C(=O)NCCCN3CCCCC3)C2)cc(=O)n(C)c1=O. The summed E-state index contributed by atoms with van der Waals surface area (Å²) in [6.45, 7) is 8.00. The van der Waals surface area contributed by atoms with Crippen LogP contribution in [0.15, 0.2) is 15.7 Å². The molecule has 1 unspecified atom stereocenters. The zero-order chi connectivity index (χ0) is 21.5. The second-order valence-corrected chi connectivity index (χ2v) is 8.67. The third-order valence-corrected chi connectivity index (χ3v) is 6.34. The van der Waals surface area contributed by atoms with E-state index in [1.807, 2.05) is 11.8 Å². The first-order chi connectivity index (χ1) is 14.5. The van der Waals surface area contributed by atoms with E-state index in [0.717, 1.165) is 43.3 Å². The second-order valence-electron chi connectivity index (χ2n) is 8.67. The fourth-order valence-corrected chi connectivity index (χ4v) is 4.60. The van der Waals surface area contributed by atoms with Crippen molar-refractivity contribution in [3.63, 3.8) is 0 Å². The Balaban J connectivity index is 1.57. The third kappa shape index (κ3) is 5.53. The number of piperidine rings is 2. The van der Waals surface area contributed by atoms with E-state index in [4.69, 9.17) is 0 Å². The molecular weight excluding hydrogens is 382 g/mol. The maximum atomic E-state index is 12.7. The van der Waals surface area contributed by atoms with Gasteiger partial charge in [0.2, 0.25) is 5.91 Å². The molecule has 0 saturated carbocycles. The maximum absolute atomic E-state index is 12.7. The van der Waals surface area contributed by atoms with Gasteiger partial charge in [-0.15, -0.1) is 0 Å². The minimum Gasteiger partial charge on any atom is -0.357 e. The molecule has 1 aromatic heterocycles. The van der Waals surface area contributed by atoms with Gasteiger partial charge in [0, 0.05) is 39.3 Å². The average Bonchev–Trinajstić information content (AvgIpc) is 2.77. The third-order valence-electron chi connectivity index (χ3n) is 6.34. The molecule has 8 nitrogen and oxygen atoms in total. The highest BCUT2D eigenvalue weighted by Crippen LogP contribution is 2.22. The number of amides is 1. The summed E-state index contributed by atoms with van der Waals surface area (Å²) in [4.78, 5) is 42.1. The van der Waals surface area contributed by atoms with Crippen molar-refractivity contribution in [2.45, 2.75) is 58.4 Å². The van der Waals surface area contributed by atoms with E-state index < -0.39 is 0 Å². The molecule has 1 amide bonds. The van der Waals surface area contributed by atoms with Crippen molar-refractivity contribution in [3.05, 3.63) is 26.9 Å². The Hall–Kier alpha value is -2.09. The predicted molar refractivity (Wildman–Crippen MR) is 119 cm³/mol. The number of anilines is 1. The summed E-state index contributed by atoms with van der Waals surface area (Å²) in [6.07, 6.45) is 7.42. The van der Waals surface area contributed by atoms with Crippen LogP contribution in [0.2, 0.25) is 0 Å². The Bertz CT molecular complexity index is 825. The van der Waals surface area contributed by atoms with Gasteiger partial charge in [0.1, 0.15) is 5.82 Å². The molecule has 3 rings (SSSR count). The van der Waals surface area contributed by atoms with Gasteiger partial charge in [0.25, 0.3) is 5.56 Å². The van der Waals surface area contributed by atoms with Gasteiger partial charge in [-0.25, -0.2) is 4.79 Å². The van der Waals surface area contributed by atoms with Crippen LogP contribution >= 0.6 is 0 Å². The number of rotatable bonds is 8. The number of aromatic nitrogens is 2. The molecule has 1 atom stereocenters. The molecule has 30 heavy (non-hydrogen) atoms. The molecule has 0 spiro atoms. The van der Waals surface area contributed by atoms with Gasteiger partial charge < -0.3 is 15.1 Å². The van der Waals surface area contributed by atoms with E-state index >= 15 is 0 Å². The van der Waals surface area contributed by atoms with Gasteiger partial charge in [0.15, 0.2) is 0 Å². The quantitative estimate of drug-likeness (QED) is 0.640. The number of likely N-dealkylation sites (tertiary alicyclic amines) is 1. The monoisotopic (exact) mass is 419 g/mol. The summed E-state index contributed by atoms with van der Waals surface area (Å²) >= 11 is 0. The number of hydrogen-bond donors (Lipinski definition) is 1. The van der Waals surface area contributed by atoms with E-state index in [1.165, 1.54) is 45.5 Å². The molecule has 0 bridgehead atoms. The van der Waals surface area contributed by atoms with Crippen LogP contribution in [0.5, 0.6) is 0 Å². The normalized spacial score (nSPS) is 20.3. The maximum Gasteiger partial charge on any atom is 0.332 e. The van der Waals surface area contributed by atoms with E-state index in [0.29, 0.717) is 25.5 Å². The molecule has 2 aliphatic rings. The molecule has 3 heterocycles. The summed E-state index contributed by atoms with van der Waals surface area (Å²) in [7, 11) is 1.51. The molecule has 2 fully saturated rings. The topological polar surface area (TPSA) is 79.6 Å². The van der Waals surface area contributed by atoms with Crippen molar-refractivity contribution >= 4 is 11.7 Å². The highest BCUT2D eigenvalue weighted by molar-refractivity contribution is 5.79. The molecule has 1 N–H and O–H groups in total. The average molecular weight is 420 g/mol. The molecule has 2 saturated heterocycles. The Labute approximate surface area is 178 Å². The van der Waals surface area contributed by atoms with Gasteiger partial charge in [-0.3, -0.25) is 18.7 Å². The van der Waals surface area contributed by atoms with E-state index in [-0.39, 0.29) is 23.1 Å². The fourth-order valence-electron chi connectivity index (χ4n) is 4.60. The molecule has 2 aliphatic heterocycles. The lowest BCUT2D eigenvalue weighted by Crippen LogP contribution is -2.47. The Morgan fingerprint density at radius 2 is 1.87 bits per heavy atom. The van der Waals surface area contributed by atoms with E-state index in [9.17, 15) is 14.4 Å². The molecule has 8 heteroatoms. The van der Waals surface area contributed by atoms with Gasteiger partial charge >= 0.3 is 5.69 Å². The zero-order valence-corrected chi connectivity index (χ0v) is 18.6. The molecule has 0 aromatic carbocycles. The van der Waals surface area contributed by atoms with Gasteiger partial charge in [-0.05, 0) is 58.2 Å². The van der Waals surface area contributed by atoms with Crippen LogP contribution in [0.4, 0.5) is 5.82 Å². The standard InChI is InChI=1S/C22H37N5O3/c1-3-11-27-19(16-20(28)24(2)22(27)30)26-15-7-9-18(17-26)21(29)23-10-8-14-25-12-5-4-6-13-25/h16,18H,3-15,17H2,1-2H3,(H,23,29). The van der Waals surface area contributed by atoms with Crippen LogP contribution in [0.3, 0.4) is 0 Å². The van der Waals surface area contributed by atoms with Crippen molar-refractivity contribution in [2.24, 2.45) is 13.0 Å². The Morgan fingerprint density at radius 3 is 2.60 bits per heavy atom. The van der Waals surface area contributed by atoms with Gasteiger partial charge in [0.05, 0.1) is 5.92 Å². The summed E-state index contributed by atoms with van der Waals surface area (Å²) in [5.74, 6) is 0.627. The van der Waals surface area contributed by atoms with Crippen LogP contribution < -0.4 is 21.5 Å². The van der Waals surface area contributed by atoms with Crippen LogP contribution in [-0.4, -0.2) is 59.2 Å². The highest BCUT2D eigenvalue weighted by Gasteiger charge is 2.27. The molecular formula is C22H37N5O3. The summed E-state index contributed by atoms with van der Waals surface area (Å²) in [6, 6.07) is 1.54. The summed E-state index contributed by atoms with van der Waals surface area (Å²) in [5.41, 5.74) is -0.588. The molecule has 0 radical (unpaired) electrons. The largest absolute Gasteiger partial charge is 0.357 e. The first kappa shape index (κ1) is 22.6. The fraction of sp³-hybridized carbons (Fsp3) is 0.773. The minimum atomic E-state index is -0.299. The second kappa shape index (κ2) is 10.8. The van der Waals surface area contributed by atoms with Crippen molar-refractivity contribution in [1.29, 1.82) is 0 Å². The first-order valence-electron chi connectivity index (χ1n) is 11.6. The Kier molecular flexibility index (Phi) is 8.13. The molecule has 1 aromatic rings. The number of carbonyl (C=O) groups is 1. The van der Waals surface area contributed by atoms with Crippen LogP contribution in [0, 0.1) is 5.92 Å². The van der Waals surface area contributed by atoms with Gasteiger partial charge in [-0.2, -0.15) is 0 Å². The van der Waals surface area contributed by atoms with Crippen molar-refractivity contribution < 1.29 is 4.79 Å². The number of hydrogen-bond acceptors (Lipinski definition) is 5. The van der Waals surface area contributed by atoms with Crippen molar-refractivity contribution in [3.8, 4) is 0 Å². The Morgan fingerprint density at radius 1 is 1.10 bits per heavy atom. The lowest BCUT2D eigenvalue weighted by atomic mass is 9.97. The minimum absolute atomic E-state index is 0.0894. The van der Waals surface area contributed by atoms with E-state index in [1.54, 1.807) is 4.57 Å². The van der Waals surface area contributed by atoms with Crippen molar-refractivity contribution in [2.75, 3.05) is 44.2 Å². The smallest absolute Gasteiger partial charge is 0.332 e. The van der Waals surface area contributed by atoms with Crippen LogP contribution in [0.25, 0.3) is 0 Å². The molecule has 0 aliphatic carbocycles. The molecule has 168 valence electrons. The number of nitrogens with zero attached hydrogens (tertiary/aromatic N) is 4.